The van der Waals surface area contributed by atoms with E-state index in [1.54, 1.807) is 0 Å². The Morgan fingerprint density at radius 2 is 2.12 bits per heavy atom. The lowest BCUT2D eigenvalue weighted by Gasteiger charge is -2.13. The first-order chi connectivity index (χ1) is 11.8. The molecule has 140 valence electrons. The Balaban J connectivity index is 0.00000225. The molecule has 2 aliphatic rings. The lowest BCUT2D eigenvalue weighted by Crippen LogP contribution is -2.39. The van der Waals surface area contributed by atoms with Gasteiger partial charge in [0.25, 0.3) is 0 Å². The lowest BCUT2D eigenvalue weighted by atomic mass is 10.1. The monoisotopic (exact) mass is 459 g/mol. The third-order valence-corrected chi connectivity index (χ3v) is 4.32. The van der Waals surface area contributed by atoms with Gasteiger partial charge in [-0.05, 0) is 43.7 Å². The average Bonchev–Trinajstić information content (AvgIpc) is 3.32. The van der Waals surface area contributed by atoms with E-state index in [1.807, 2.05) is 12.1 Å². The number of nitrogens with one attached hydrogen (secondary N) is 2. The van der Waals surface area contributed by atoms with Crippen molar-refractivity contribution in [2.45, 2.75) is 38.7 Å². The van der Waals surface area contributed by atoms with Crippen molar-refractivity contribution in [3.05, 3.63) is 29.8 Å². The molecule has 0 spiro atoms. The summed E-state index contributed by atoms with van der Waals surface area (Å²) in [6.45, 7) is 6.25. The van der Waals surface area contributed by atoms with Crippen LogP contribution in [0, 0.1) is 5.92 Å². The molecule has 1 saturated carbocycles. The van der Waals surface area contributed by atoms with Crippen LogP contribution < -0.4 is 15.4 Å². The number of rotatable bonds is 9. The number of ether oxygens (including phenoxy) is 2. The Labute approximate surface area is 168 Å². The SMILES string of the molecule is CCNC(=NCC1Cc2ccccc2O1)NCCCOCC1CC1.I. The molecule has 0 bridgehead atoms. The Morgan fingerprint density at radius 1 is 1.28 bits per heavy atom. The largest absolute Gasteiger partial charge is 0.488 e. The number of hydrogen-bond acceptors (Lipinski definition) is 3. The molecule has 0 saturated heterocycles. The van der Waals surface area contributed by atoms with Crippen LogP contribution in [0.1, 0.15) is 31.7 Å². The fourth-order valence-corrected chi connectivity index (χ4v) is 2.81. The quantitative estimate of drug-likeness (QED) is 0.258. The molecule has 0 aromatic heterocycles. The van der Waals surface area contributed by atoms with E-state index in [1.165, 1.54) is 18.4 Å². The van der Waals surface area contributed by atoms with Gasteiger partial charge in [0.2, 0.25) is 0 Å². The maximum atomic E-state index is 5.94. The molecule has 1 heterocycles. The molecule has 2 N–H and O–H groups in total. The summed E-state index contributed by atoms with van der Waals surface area (Å²) >= 11 is 0. The standard InChI is InChI=1S/C19H29N3O2.HI/c1-2-20-19(21-10-5-11-23-14-15-8-9-15)22-13-17-12-16-6-3-4-7-18(16)24-17;/h3-4,6-7,15,17H,2,5,8-14H2,1H3,(H2,20,21,22);1H. The first-order valence-electron chi connectivity index (χ1n) is 9.19. The molecular formula is C19H30IN3O2. The number of para-hydroxylation sites is 1. The summed E-state index contributed by atoms with van der Waals surface area (Å²) in [6.07, 6.45) is 4.78. The molecule has 25 heavy (non-hydrogen) atoms. The zero-order valence-corrected chi connectivity index (χ0v) is 17.3. The summed E-state index contributed by atoms with van der Waals surface area (Å²) in [5.41, 5.74) is 1.28. The summed E-state index contributed by atoms with van der Waals surface area (Å²) in [5.74, 6) is 2.70. The molecule has 1 atom stereocenters. The second kappa shape index (κ2) is 10.9. The number of nitrogens with zero attached hydrogens (tertiary/aromatic N) is 1. The zero-order chi connectivity index (χ0) is 16.6. The third kappa shape index (κ3) is 7.01. The van der Waals surface area contributed by atoms with Gasteiger partial charge in [0, 0.05) is 32.7 Å². The molecule has 3 rings (SSSR count). The minimum atomic E-state index is 0. The number of fused-ring (bicyclic) bond motifs is 1. The van der Waals surface area contributed by atoms with Gasteiger partial charge in [-0.2, -0.15) is 0 Å². The van der Waals surface area contributed by atoms with Gasteiger partial charge in [-0.3, -0.25) is 0 Å². The maximum Gasteiger partial charge on any atom is 0.191 e. The molecule has 1 fully saturated rings. The van der Waals surface area contributed by atoms with Gasteiger partial charge in [-0.25, -0.2) is 4.99 Å². The van der Waals surface area contributed by atoms with Crippen LogP contribution in [0.3, 0.4) is 0 Å². The van der Waals surface area contributed by atoms with E-state index in [2.05, 4.69) is 34.7 Å². The number of aliphatic imine (C=N–C) groups is 1. The van der Waals surface area contributed by atoms with Crippen LogP contribution in [0.25, 0.3) is 0 Å². The van der Waals surface area contributed by atoms with Crippen LogP contribution in [0.5, 0.6) is 5.75 Å². The van der Waals surface area contributed by atoms with Crippen molar-refractivity contribution in [2.75, 3.05) is 32.8 Å². The highest BCUT2D eigenvalue weighted by Gasteiger charge is 2.22. The number of benzene rings is 1. The Morgan fingerprint density at radius 3 is 2.88 bits per heavy atom. The van der Waals surface area contributed by atoms with Gasteiger partial charge in [0.15, 0.2) is 5.96 Å². The van der Waals surface area contributed by atoms with Crippen molar-refractivity contribution >= 4 is 29.9 Å². The van der Waals surface area contributed by atoms with Gasteiger partial charge in [0.05, 0.1) is 6.54 Å². The molecule has 1 unspecified atom stereocenters. The third-order valence-electron chi connectivity index (χ3n) is 4.32. The number of halogens is 1. The smallest absolute Gasteiger partial charge is 0.191 e. The predicted octanol–water partition coefficient (Wildman–Crippen LogP) is 2.98. The summed E-state index contributed by atoms with van der Waals surface area (Å²) in [7, 11) is 0. The van der Waals surface area contributed by atoms with Crippen LogP contribution in [0.15, 0.2) is 29.3 Å². The topological polar surface area (TPSA) is 54.9 Å². The summed E-state index contributed by atoms with van der Waals surface area (Å²) < 4.78 is 11.6. The van der Waals surface area contributed by atoms with Crippen LogP contribution in [-0.2, 0) is 11.2 Å². The second-order valence-electron chi connectivity index (χ2n) is 6.57. The van der Waals surface area contributed by atoms with E-state index >= 15 is 0 Å². The van der Waals surface area contributed by atoms with Gasteiger partial charge in [-0.1, -0.05) is 18.2 Å². The van der Waals surface area contributed by atoms with E-state index < -0.39 is 0 Å². The maximum absolute atomic E-state index is 5.94. The predicted molar refractivity (Wildman–Crippen MR) is 112 cm³/mol. The van der Waals surface area contributed by atoms with Crippen LogP contribution in [0.2, 0.25) is 0 Å². The fraction of sp³-hybridized carbons (Fsp3) is 0.632. The number of guanidine groups is 1. The highest BCUT2D eigenvalue weighted by molar-refractivity contribution is 14.0. The van der Waals surface area contributed by atoms with E-state index in [0.717, 1.165) is 56.8 Å². The molecule has 0 radical (unpaired) electrons. The second-order valence-corrected chi connectivity index (χ2v) is 6.57. The van der Waals surface area contributed by atoms with Crippen LogP contribution in [-0.4, -0.2) is 44.9 Å². The zero-order valence-electron chi connectivity index (χ0n) is 15.0. The molecule has 0 amide bonds. The summed E-state index contributed by atoms with van der Waals surface area (Å²) in [4.78, 5) is 4.66. The highest BCUT2D eigenvalue weighted by Crippen LogP contribution is 2.29. The Hall–Kier alpha value is -1.02. The number of hydrogen-bond donors (Lipinski definition) is 2. The molecule has 1 aliphatic carbocycles. The first-order valence-corrected chi connectivity index (χ1v) is 9.19. The highest BCUT2D eigenvalue weighted by atomic mass is 127. The van der Waals surface area contributed by atoms with Crippen molar-refractivity contribution in [3.63, 3.8) is 0 Å². The van der Waals surface area contributed by atoms with E-state index in [9.17, 15) is 0 Å². The fourth-order valence-electron chi connectivity index (χ4n) is 2.81. The molecule has 1 aromatic carbocycles. The minimum absolute atomic E-state index is 0. The Kier molecular flexibility index (Phi) is 8.81. The van der Waals surface area contributed by atoms with E-state index in [4.69, 9.17) is 9.47 Å². The van der Waals surface area contributed by atoms with Gasteiger partial charge in [-0.15, -0.1) is 24.0 Å². The van der Waals surface area contributed by atoms with Crippen molar-refractivity contribution in [3.8, 4) is 5.75 Å². The van der Waals surface area contributed by atoms with Gasteiger partial charge in [0.1, 0.15) is 11.9 Å². The summed E-state index contributed by atoms with van der Waals surface area (Å²) in [6, 6.07) is 8.24. The first kappa shape index (κ1) is 20.3. The van der Waals surface area contributed by atoms with Gasteiger partial charge >= 0.3 is 0 Å². The Bertz CT molecular complexity index is 524. The summed E-state index contributed by atoms with van der Waals surface area (Å²) in [5, 5.41) is 6.66. The molecule has 5 nitrogen and oxygen atoms in total. The van der Waals surface area contributed by atoms with Crippen molar-refractivity contribution in [1.29, 1.82) is 0 Å². The van der Waals surface area contributed by atoms with E-state index in [0.29, 0.717) is 6.54 Å². The normalized spacial score (nSPS) is 18.9. The van der Waals surface area contributed by atoms with Crippen molar-refractivity contribution in [1.82, 2.24) is 10.6 Å². The lowest BCUT2D eigenvalue weighted by molar-refractivity contribution is 0.123. The van der Waals surface area contributed by atoms with Crippen LogP contribution in [0.4, 0.5) is 0 Å². The van der Waals surface area contributed by atoms with Crippen LogP contribution >= 0.6 is 24.0 Å². The average molecular weight is 459 g/mol. The molecule has 1 aromatic rings. The van der Waals surface area contributed by atoms with E-state index in [-0.39, 0.29) is 30.1 Å². The van der Waals surface area contributed by atoms with Crippen molar-refractivity contribution in [2.24, 2.45) is 10.9 Å². The minimum Gasteiger partial charge on any atom is -0.488 e. The molecular weight excluding hydrogens is 429 g/mol. The molecule has 1 aliphatic heterocycles. The van der Waals surface area contributed by atoms with Gasteiger partial charge < -0.3 is 20.1 Å². The molecule has 6 heteroatoms. The van der Waals surface area contributed by atoms with Crippen molar-refractivity contribution < 1.29 is 9.47 Å².